The fraction of sp³-hybridized carbons (Fsp3) is 0.176. The van der Waals surface area contributed by atoms with E-state index in [0.717, 1.165) is 0 Å². The van der Waals surface area contributed by atoms with Crippen LogP contribution in [0.25, 0.3) is 0 Å². The predicted octanol–water partition coefficient (Wildman–Crippen LogP) is 3.94. The van der Waals surface area contributed by atoms with E-state index < -0.39 is 0 Å². The van der Waals surface area contributed by atoms with Crippen molar-refractivity contribution in [2.24, 2.45) is 0 Å². The Morgan fingerprint density at radius 1 is 1.05 bits per heavy atom. The van der Waals surface area contributed by atoms with Crippen LogP contribution in [0, 0.1) is 0 Å². The van der Waals surface area contributed by atoms with E-state index >= 15 is 0 Å². The molecule has 1 heterocycles. The third-order valence-electron chi connectivity index (χ3n) is 3.56. The van der Waals surface area contributed by atoms with Crippen molar-refractivity contribution < 1.29 is 9.59 Å². The Hall–Kier alpha value is -2.33. The summed E-state index contributed by atoms with van der Waals surface area (Å²) in [4.78, 5) is 26.7. The Balaban J connectivity index is 2.15. The average Bonchev–Trinajstić information content (AvgIpc) is 2.67. The van der Waals surface area contributed by atoms with E-state index in [-0.39, 0.29) is 11.8 Å². The van der Waals surface area contributed by atoms with E-state index in [4.69, 9.17) is 11.6 Å². The molecular weight excluding hydrogens is 300 g/mol. The van der Waals surface area contributed by atoms with E-state index in [9.17, 15) is 9.59 Å². The Kier molecular flexibility index (Phi) is 4.11. The minimum atomic E-state index is -0.212. The molecule has 1 aliphatic heterocycles. The molecule has 22 heavy (non-hydrogen) atoms. The van der Waals surface area contributed by atoms with Gasteiger partial charge in [0.2, 0.25) is 5.91 Å². The second-order valence-electron chi connectivity index (χ2n) is 5.01. The maximum Gasteiger partial charge on any atom is 0.257 e. The second-order valence-corrected chi connectivity index (χ2v) is 5.39. The summed E-state index contributed by atoms with van der Waals surface area (Å²) in [6.07, 6.45) is 0.933. The molecule has 5 heteroatoms. The lowest BCUT2D eigenvalue weighted by molar-refractivity contribution is -0.117. The van der Waals surface area contributed by atoms with Gasteiger partial charge in [-0.15, -0.1) is 11.6 Å². The number of alkyl halides is 1. The van der Waals surface area contributed by atoms with Gasteiger partial charge in [0, 0.05) is 12.3 Å². The van der Waals surface area contributed by atoms with Crippen LogP contribution < -0.4 is 10.2 Å². The minimum Gasteiger partial charge on any atom is -0.320 e. The first-order chi connectivity index (χ1) is 10.7. The van der Waals surface area contributed by atoms with Crippen molar-refractivity contribution in [1.82, 2.24) is 0 Å². The molecule has 1 aliphatic rings. The molecule has 0 fully saturated rings. The molecule has 0 bridgehead atoms. The lowest BCUT2D eigenvalue weighted by Crippen LogP contribution is -2.26. The first kappa shape index (κ1) is 14.6. The number of anilines is 3. The lowest BCUT2D eigenvalue weighted by Gasteiger charge is -2.23. The van der Waals surface area contributed by atoms with Crippen molar-refractivity contribution in [2.45, 2.75) is 12.8 Å². The zero-order valence-electron chi connectivity index (χ0n) is 11.9. The van der Waals surface area contributed by atoms with Gasteiger partial charge in [-0.3, -0.25) is 14.5 Å². The van der Waals surface area contributed by atoms with Gasteiger partial charge in [0.25, 0.3) is 5.91 Å². The Morgan fingerprint density at radius 3 is 2.50 bits per heavy atom. The number of hydrogen-bond acceptors (Lipinski definition) is 2. The highest BCUT2D eigenvalue weighted by Crippen LogP contribution is 2.38. The summed E-state index contributed by atoms with van der Waals surface area (Å²) in [5.74, 6) is 0.146. The van der Waals surface area contributed by atoms with Crippen LogP contribution >= 0.6 is 11.6 Å². The highest BCUT2D eigenvalue weighted by molar-refractivity contribution is 6.19. The predicted molar refractivity (Wildman–Crippen MR) is 87.9 cm³/mol. The third-order valence-corrected chi connectivity index (χ3v) is 3.82. The molecule has 0 saturated carbocycles. The molecule has 1 N–H and O–H groups in total. The topological polar surface area (TPSA) is 49.4 Å². The molecule has 0 atom stereocenters. The van der Waals surface area contributed by atoms with E-state index in [0.29, 0.717) is 41.3 Å². The summed E-state index contributed by atoms with van der Waals surface area (Å²) in [6, 6.07) is 14.4. The Bertz CT molecular complexity index is 730. The normalized spacial score (nSPS) is 13.0. The van der Waals surface area contributed by atoms with Crippen LogP contribution in [0.5, 0.6) is 0 Å². The van der Waals surface area contributed by atoms with Crippen molar-refractivity contribution in [2.75, 3.05) is 16.1 Å². The van der Waals surface area contributed by atoms with Crippen LogP contribution in [0.15, 0.2) is 48.5 Å². The summed E-state index contributed by atoms with van der Waals surface area (Å²) >= 11 is 5.70. The van der Waals surface area contributed by atoms with Crippen LogP contribution in [0.3, 0.4) is 0 Å². The van der Waals surface area contributed by atoms with Crippen molar-refractivity contribution in [3.8, 4) is 0 Å². The number of nitrogens with zero attached hydrogens (tertiary/aromatic N) is 1. The molecule has 2 amide bonds. The summed E-state index contributed by atoms with van der Waals surface area (Å²) in [5.41, 5.74) is 2.39. The number of benzene rings is 2. The molecule has 4 nitrogen and oxygen atoms in total. The number of amides is 2. The van der Waals surface area contributed by atoms with Crippen LogP contribution in [0.1, 0.15) is 23.2 Å². The number of carbonyl (C=O) groups is 2. The molecule has 0 aromatic heterocycles. The SMILES string of the molecule is O=C1Nc2ccccc2N(C(=O)CCCCl)c2ccccc21. The average molecular weight is 315 g/mol. The highest BCUT2D eigenvalue weighted by atomic mass is 35.5. The van der Waals surface area contributed by atoms with E-state index in [1.54, 1.807) is 29.2 Å². The quantitative estimate of drug-likeness (QED) is 0.872. The molecule has 2 aromatic carbocycles. The summed E-state index contributed by atoms with van der Waals surface area (Å²) < 4.78 is 0. The molecule has 2 aromatic rings. The molecule has 0 unspecified atom stereocenters. The van der Waals surface area contributed by atoms with Gasteiger partial charge in [-0.2, -0.15) is 0 Å². The van der Waals surface area contributed by atoms with Gasteiger partial charge in [0.05, 0.1) is 22.6 Å². The molecule has 0 aliphatic carbocycles. The van der Waals surface area contributed by atoms with Gasteiger partial charge in [-0.05, 0) is 30.7 Å². The van der Waals surface area contributed by atoms with E-state index in [2.05, 4.69) is 5.32 Å². The van der Waals surface area contributed by atoms with Gasteiger partial charge in [-0.1, -0.05) is 24.3 Å². The molecule has 3 rings (SSSR count). The first-order valence-corrected chi connectivity index (χ1v) is 7.64. The number of nitrogens with one attached hydrogen (secondary N) is 1. The number of hydrogen-bond donors (Lipinski definition) is 1. The van der Waals surface area contributed by atoms with E-state index in [1.807, 2.05) is 24.3 Å². The fourth-order valence-electron chi connectivity index (χ4n) is 2.55. The smallest absolute Gasteiger partial charge is 0.257 e. The van der Waals surface area contributed by atoms with Crippen LogP contribution in [-0.2, 0) is 4.79 Å². The van der Waals surface area contributed by atoms with Gasteiger partial charge < -0.3 is 5.32 Å². The summed E-state index contributed by atoms with van der Waals surface area (Å²) in [5, 5.41) is 2.86. The largest absolute Gasteiger partial charge is 0.320 e. The van der Waals surface area contributed by atoms with Crippen molar-refractivity contribution >= 4 is 40.5 Å². The van der Waals surface area contributed by atoms with E-state index in [1.165, 1.54) is 0 Å². The summed E-state index contributed by atoms with van der Waals surface area (Å²) in [7, 11) is 0. The Labute approximate surface area is 133 Å². The van der Waals surface area contributed by atoms with Crippen molar-refractivity contribution in [1.29, 1.82) is 0 Å². The zero-order valence-corrected chi connectivity index (χ0v) is 12.6. The molecule has 0 radical (unpaired) electrons. The number of para-hydroxylation sites is 3. The third kappa shape index (κ3) is 2.57. The standard InChI is InChI=1S/C17H15ClN2O2/c18-11-5-10-16(21)20-14-8-3-1-6-12(14)17(22)19-13-7-2-4-9-15(13)20/h1-4,6-9H,5,10-11H2,(H,19,22). The first-order valence-electron chi connectivity index (χ1n) is 7.10. The number of carbonyl (C=O) groups excluding carboxylic acids is 2. The fourth-order valence-corrected chi connectivity index (χ4v) is 2.69. The minimum absolute atomic E-state index is 0.0722. The number of halogens is 1. The highest BCUT2D eigenvalue weighted by Gasteiger charge is 2.28. The number of rotatable bonds is 3. The Morgan fingerprint density at radius 2 is 1.73 bits per heavy atom. The zero-order chi connectivity index (χ0) is 15.5. The monoisotopic (exact) mass is 314 g/mol. The van der Waals surface area contributed by atoms with Gasteiger partial charge in [0.15, 0.2) is 0 Å². The van der Waals surface area contributed by atoms with Gasteiger partial charge >= 0.3 is 0 Å². The maximum absolute atomic E-state index is 12.7. The second kappa shape index (κ2) is 6.20. The number of fused-ring (bicyclic) bond motifs is 2. The lowest BCUT2D eigenvalue weighted by atomic mass is 10.1. The van der Waals surface area contributed by atoms with Crippen molar-refractivity contribution in [3.05, 3.63) is 54.1 Å². The van der Waals surface area contributed by atoms with Crippen LogP contribution in [0.2, 0.25) is 0 Å². The van der Waals surface area contributed by atoms with Gasteiger partial charge in [0.1, 0.15) is 0 Å². The maximum atomic E-state index is 12.7. The van der Waals surface area contributed by atoms with Gasteiger partial charge in [-0.25, -0.2) is 0 Å². The molecule has 112 valence electrons. The van der Waals surface area contributed by atoms with Crippen LogP contribution in [-0.4, -0.2) is 17.7 Å². The molecular formula is C17H15ClN2O2. The summed E-state index contributed by atoms with van der Waals surface area (Å²) in [6.45, 7) is 0. The van der Waals surface area contributed by atoms with Crippen molar-refractivity contribution in [3.63, 3.8) is 0 Å². The molecule has 0 spiro atoms. The molecule has 0 saturated heterocycles. The van der Waals surface area contributed by atoms with Crippen LogP contribution in [0.4, 0.5) is 17.1 Å².